The molecule has 0 aromatic carbocycles. The van der Waals surface area contributed by atoms with Gasteiger partial charge in [-0.2, -0.15) is 0 Å². The van der Waals surface area contributed by atoms with Gasteiger partial charge in [0.25, 0.3) is 0 Å². The van der Waals surface area contributed by atoms with Crippen molar-refractivity contribution >= 4 is 6.09 Å². The molecule has 2 atom stereocenters. The molecule has 0 heterocycles. The summed E-state index contributed by atoms with van der Waals surface area (Å²) in [6, 6.07) is 0.976. The van der Waals surface area contributed by atoms with Gasteiger partial charge in [-0.1, -0.05) is 20.8 Å². The van der Waals surface area contributed by atoms with Crippen LogP contribution in [0.4, 0.5) is 4.79 Å². The first-order valence-corrected chi connectivity index (χ1v) is 8.80. The van der Waals surface area contributed by atoms with Crippen LogP contribution in [0.1, 0.15) is 67.2 Å². The molecule has 1 N–H and O–H groups in total. The predicted octanol–water partition coefficient (Wildman–Crippen LogP) is 3.80. The topological polar surface area (TPSA) is 41.6 Å². The molecule has 0 radical (unpaired) electrons. The molecule has 0 aliphatic heterocycles. The van der Waals surface area contributed by atoms with Gasteiger partial charge in [0.1, 0.15) is 5.60 Å². The minimum atomic E-state index is -0.415. The van der Waals surface area contributed by atoms with Gasteiger partial charge >= 0.3 is 6.09 Å². The Morgan fingerprint density at radius 1 is 1.27 bits per heavy atom. The van der Waals surface area contributed by atoms with E-state index in [1.807, 2.05) is 25.7 Å². The number of ether oxygens (including phenoxy) is 1. The van der Waals surface area contributed by atoms with Gasteiger partial charge in [0.05, 0.1) is 0 Å². The lowest BCUT2D eigenvalue weighted by atomic mass is 9.91. The molecule has 0 bridgehead atoms. The van der Waals surface area contributed by atoms with Crippen molar-refractivity contribution in [3.63, 3.8) is 0 Å². The van der Waals surface area contributed by atoms with Crippen molar-refractivity contribution in [2.45, 2.75) is 84.9 Å². The van der Waals surface area contributed by atoms with Crippen LogP contribution in [0.15, 0.2) is 0 Å². The number of carbonyl (C=O) groups excluding carboxylic acids is 1. The minimum Gasteiger partial charge on any atom is -0.444 e. The van der Waals surface area contributed by atoms with Crippen molar-refractivity contribution in [1.82, 2.24) is 10.2 Å². The second kappa shape index (κ2) is 6.38. The lowest BCUT2D eigenvalue weighted by Gasteiger charge is -2.28. The Bertz CT molecular complexity index is 396. The van der Waals surface area contributed by atoms with Crippen LogP contribution in [-0.4, -0.2) is 41.8 Å². The summed E-state index contributed by atoms with van der Waals surface area (Å²) in [5.41, 5.74) is 0.0278. The highest BCUT2D eigenvalue weighted by atomic mass is 16.6. The number of hydrogen-bond donors (Lipinski definition) is 1. The predicted molar refractivity (Wildman–Crippen MR) is 89.9 cm³/mol. The quantitative estimate of drug-likeness (QED) is 0.840. The third kappa shape index (κ3) is 5.15. The highest BCUT2D eigenvalue weighted by Crippen LogP contribution is 2.40. The summed E-state index contributed by atoms with van der Waals surface area (Å²) in [6.07, 6.45) is 4.59. The highest BCUT2D eigenvalue weighted by molar-refractivity contribution is 5.69. The maximum absolute atomic E-state index is 12.3. The smallest absolute Gasteiger partial charge is 0.410 e. The Morgan fingerprint density at radius 2 is 1.91 bits per heavy atom. The summed E-state index contributed by atoms with van der Waals surface area (Å²) in [7, 11) is 0. The number of carbonyl (C=O) groups is 1. The summed E-state index contributed by atoms with van der Waals surface area (Å²) in [6.45, 7) is 14.4. The van der Waals surface area contributed by atoms with Gasteiger partial charge in [-0.05, 0) is 57.8 Å². The Kier molecular flexibility index (Phi) is 5.10. The first-order chi connectivity index (χ1) is 10.1. The number of nitrogens with one attached hydrogen (secondary N) is 1. The molecular formula is C18H34N2O2. The molecule has 2 aliphatic rings. The maximum Gasteiger partial charge on any atom is 0.410 e. The third-order valence-electron chi connectivity index (χ3n) is 4.71. The second-order valence-electron chi connectivity index (χ2n) is 9.02. The van der Waals surface area contributed by atoms with E-state index in [1.165, 1.54) is 12.8 Å². The Hall–Kier alpha value is -0.770. The van der Waals surface area contributed by atoms with E-state index in [4.69, 9.17) is 4.74 Å². The minimum absolute atomic E-state index is 0.156. The molecule has 0 spiro atoms. The monoisotopic (exact) mass is 310 g/mol. The number of nitrogens with zero attached hydrogens (tertiary/aromatic N) is 1. The van der Waals surface area contributed by atoms with Gasteiger partial charge in [-0.15, -0.1) is 0 Å². The molecule has 22 heavy (non-hydrogen) atoms. The summed E-state index contributed by atoms with van der Waals surface area (Å²) < 4.78 is 5.54. The molecule has 128 valence electrons. The van der Waals surface area contributed by atoms with Crippen LogP contribution in [-0.2, 0) is 4.74 Å². The van der Waals surface area contributed by atoms with Crippen molar-refractivity contribution in [2.75, 3.05) is 13.1 Å². The summed E-state index contributed by atoms with van der Waals surface area (Å²) in [5, 5.41) is 3.67. The lowest BCUT2D eigenvalue weighted by Crippen LogP contribution is -2.44. The fourth-order valence-corrected chi connectivity index (χ4v) is 3.67. The highest BCUT2D eigenvalue weighted by Gasteiger charge is 2.37. The zero-order valence-electron chi connectivity index (χ0n) is 15.2. The van der Waals surface area contributed by atoms with Crippen molar-refractivity contribution in [1.29, 1.82) is 0 Å². The Labute approximate surface area is 136 Å². The molecule has 1 amide bonds. The van der Waals surface area contributed by atoms with E-state index in [2.05, 4.69) is 26.1 Å². The number of rotatable bonds is 5. The third-order valence-corrected chi connectivity index (χ3v) is 4.71. The van der Waals surface area contributed by atoms with Gasteiger partial charge in [-0.25, -0.2) is 4.79 Å². The average Bonchev–Trinajstić information content (AvgIpc) is 3.09. The van der Waals surface area contributed by atoms with Crippen molar-refractivity contribution < 1.29 is 9.53 Å². The molecule has 0 aromatic heterocycles. The molecule has 2 fully saturated rings. The second-order valence-corrected chi connectivity index (χ2v) is 9.02. The Balaban J connectivity index is 1.79. The van der Waals surface area contributed by atoms with E-state index in [0.29, 0.717) is 23.4 Å². The number of amides is 1. The van der Waals surface area contributed by atoms with Crippen molar-refractivity contribution in [2.24, 2.45) is 11.3 Å². The SMILES string of the molecule is CC1CC(C)(C)CC1NCCN(C(=O)OC(C)(C)C)C1CC1. The van der Waals surface area contributed by atoms with E-state index in [9.17, 15) is 4.79 Å². The fourth-order valence-electron chi connectivity index (χ4n) is 3.67. The van der Waals surface area contributed by atoms with Crippen molar-refractivity contribution in [3.05, 3.63) is 0 Å². The molecule has 4 nitrogen and oxygen atoms in total. The molecule has 4 heteroatoms. The van der Waals surface area contributed by atoms with Crippen LogP contribution >= 0.6 is 0 Å². The van der Waals surface area contributed by atoms with Crippen molar-refractivity contribution in [3.8, 4) is 0 Å². The summed E-state index contributed by atoms with van der Waals surface area (Å²) in [5.74, 6) is 0.714. The van der Waals surface area contributed by atoms with E-state index >= 15 is 0 Å². The average molecular weight is 310 g/mol. The molecule has 0 aromatic rings. The number of hydrogen-bond acceptors (Lipinski definition) is 3. The molecule has 2 unspecified atom stereocenters. The first kappa shape index (κ1) is 17.6. The lowest BCUT2D eigenvalue weighted by molar-refractivity contribution is 0.0234. The standard InChI is InChI=1S/C18H34N2O2/c1-13-11-18(5,6)12-15(13)19-9-10-20(14-7-8-14)16(21)22-17(2,3)4/h13-15,19H,7-12H2,1-6H3. The van der Waals surface area contributed by atoms with Crippen LogP contribution in [0.2, 0.25) is 0 Å². The first-order valence-electron chi connectivity index (χ1n) is 8.80. The van der Waals surface area contributed by atoms with Crippen LogP contribution in [0.3, 0.4) is 0 Å². The van der Waals surface area contributed by atoms with Gasteiger partial charge in [0.15, 0.2) is 0 Å². The van der Waals surface area contributed by atoms with Gasteiger partial charge in [-0.3, -0.25) is 0 Å². The van der Waals surface area contributed by atoms with Crippen LogP contribution < -0.4 is 5.32 Å². The zero-order chi connectivity index (χ0) is 16.5. The molecule has 2 rings (SSSR count). The van der Waals surface area contributed by atoms with Gasteiger partial charge < -0.3 is 15.0 Å². The Morgan fingerprint density at radius 3 is 2.36 bits per heavy atom. The van der Waals surface area contributed by atoms with Crippen LogP contribution in [0.5, 0.6) is 0 Å². The van der Waals surface area contributed by atoms with E-state index in [-0.39, 0.29) is 6.09 Å². The largest absolute Gasteiger partial charge is 0.444 e. The summed E-state index contributed by atoms with van der Waals surface area (Å²) in [4.78, 5) is 14.2. The van der Waals surface area contributed by atoms with E-state index in [1.54, 1.807) is 0 Å². The normalized spacial score (nSPS) is 27.7. The molecular weight excluding hydrogens is 276 g/mol. The van der Waals surface area contributed by atoms with Gasteiger partial charge in [0, 0.05) is 25.2 Å². The van der Waals surface area contributed by atoms with Crippen LogP contribution in [0, 0.1) is 11.3 Å². The van der Waals surface area contributed by atoms with E-state index in [0.717, 1.165) is 25.9 Å². The molecule has 2 aliphatic carbocycles. The fraction of sp³-hybridized carbons (Fsp3) is 0.944. The van der Waals surface area contributed by atoms with Crippen LogP contribution in [0.25, 0.3) is 0 Å². The zero-order valence-corrected chi connectivity index (χ0v) is 15.2. The van der Waals surface area contributed by atoms with E-state index < -0.39 is 5.60 Å². The van der Waals surface area contributed by atoms with Gasteiger partial charge in [0.2, 0.25) is 0 Å². The molecule has 0 saturated heterocycles. The molecule has 2 saturated carbocycles. The summed E-state index contributed by atoms with van der Waals surface area (Å²) >= 11 is 0. The maximum atomic E-state index is 12.3.